The van der Waals surface area contributed by atoms with Gasteiger partial charge in [-0.25, -0.2) is 0 Å². The third kappa shape index (κ3) is 3.12. The Morgan fingerprint density at radius 1 is 1.35 bits per heavy atom. The summed E-state index contributed by atoms with van der Waals surface area (Å²) in [6.07, 6.45) is 0. The number of amidine groups is 1. The van der Waals surface area contributed by atoms with Crippen LogP contribution in [-0.4, -0.2) is 19.0 Å². The molecule has 4 nitrogen and oxygen atoms in total. The molecule has 0 saturated carbocycles. The Labute approximate surface area is 115 Å². The lowest BCUT2D eigenvalue weighted by Crippen LogP contribution is -2.37. The molecule has 0 aromatic heterocycles. The average molecular weight is 321 g/mol. The van der Waals surface area contributed by atoms with Crippen LogP contribution in [0.1, 0.15) is 12.5 Å². The van der Waals surface area contributed by atoms with Gasteiger partial charge in [0.25, 0.3) is 0 Å². The Balaban J connectivity index is 0.00000144. The van der Waals surface area contributed by atoms with Gasteiger partial charge in [-0.05, 0) is 30.7 Å². The highest BCUT2D eigenvalue weighted by atomic mass is 79.9. The van der Waals surface area contributed by atoms with Crippen molar-refractivity contribution in [3.63, 3.8) is 0 Å². The number of ether oxygens (including phenoxy) is 1. The van der Waals surface area contributed by atoms with Crippen molar-refractivity contribution in [1.29, 1.82) is 0 Å². The van der Waals surface area contributed by atoms with Crippen LogP contribution < -0.4 is 11.5 Å². The number of anilines is 1. The van der Waals surface area contributed by atoms with Gasteiger partial charge in [-0.1, -0.05) is 15.9 Å². The highest BCUT2D eigenvalue weighted by Crippen LogP contribution is 2.31. The maximum Gasteiger partial charge on any atom is 0.121 e. The van der Waals surface area contributed by atoms with E-state index in [0.29, 0.717) is 24.7 Å². The van der Waals surface area contributed by atoms with Crippen LogP contribution in [-0.2, 0) is 10.3 Å². The zero-order chi connectivity index (χ0) is 11.8. The minimum Gasteiger partial charge on any atom is -0.399 e. The van der Waals surface area contributed by atoms with Gasteiger partial charge >= 0.3 is 0 Å². The first-order chi connectivity index (χ1) is 7.49. The summed E-state index contributed by atoms with van der Waals surface area (Å²) in [6.45, 7) is 2.91. The van der Waals surface area contributed by atoms with Gasteiger partial charge in [-0.2, -0.15) is 0 Å². The predicted octanol–water partition coefficient (Wildman–Crippen LogP) is 2.06. The highest BCUT2D eigenvalue weighted by molar-refractivity contribution is 9.10. The standard InChI is InChI=1S/C11H14BrN3O.ClH/c1-11(6-16-5-10(14)15-11)7-2-8(12)4-9(13)3-7;/h2-4H,5-6,13H2,1H3,(H2,14,15);1H/t11-;/m0./s1. The van der Waals surface area contributed by atoms with E-state index in [9.17, 15) is 0 Å². The average Bonchev–Trinajstić information content (AvgIpc) is 2.15. The van der Waals surface area contributed by atoms with E-state index in [4.69, 9.17) is 16.2 Å². The largest absolute Gasteiger partial charge is 0.399 e. The number of aliphatic imine (C=N–C) groups is 1. The lowest BCUT2D eigenvalue weighted by molar-refractivity contribution is 0.106. The molecular weight excluding hydrogens is 305 g/mol. The molecule has 2 rings (SSSR count). The van der Waals surface area contributed by atoms with Gasteiger partial charge in [0.05, 0.1) is 6.61 Å². The minimum absolute atomic E-state index is 0. The molecular formula is C11H15BrClN3O. The Bertz CT molecular complexity index is 432. The third-order valence-electron chi connectivity index (χ3n) is 2.57. The molecule has 4 N–H and O–H groups in total. The summed E-state index contributed by atoms with van der Waals surface area (Å²) in [5, 5.41) is 0. The Morgan fingerprint density at radius 2 is 2.06 bits per heavy atom. The molecule has 0 spiro atoms. The summed E-state index contributed by atoms with van der Waals surface area (Å²) in [5.41, 5.74) is 12.8. The molecule has 0 amide bonds. The van der Waals surface area contributed by atoms with E-state index in [1.54, 1.807) is 0 Å². The predicted molar refractivity (Wildman–Crippen MR) is 75.6 cm³/mol. The number of hydrogen-bond acceptors (Lipinski definition) is 4. The molecule has 6 heteroatoms. The summed E-state index contributed by atoms with van der Waals surface area (Å²) in [5.74, 6) is 0.521. The molecule has 0 bridgehead atoms. The lowest BCUT2D eigenvalue weighted by atomic mass is 9.92. The van der Waals surface area contributed by atoms with Crippen molar-refractivity contribution >= 4 is 39.9 Å². The topological polar surface area (TPSA) is 73.6 Å². The van der Waals surface area contributed by atoms with Gasteiger partial charge in [0, 0.05) is 10.2 Å². The quantitative estimate of drug-likeness (QED) is 0.778. The molecule has 0 radical (unpaired) electrons. The van der Waals surface area contributed by atoms with Crippen molar-refractivity contribution in [3.8, 4) is 0 Å². The van der Waals surface area contributed by atoms with Crippen molar-refractivity contribution in [2.45, 2.75) is 12.5 Å². The van der Waals surface area contributed by atoms with Crippen molar-refractivity contribution in [1.82, 2.24) is 0 Å². The molecule has 1 aliphatic rings. The summed E-state index contributed by atoms with van der Waals surface area (Å²) >= 11 is 3.42. The molecule has 17 heavy (non-hydrogen) atoms. The molecule has 0 aliphatic carbocycles. The number of rotatable bonds is 1. The van der Waals surface area contributed by atoms with Crippen LogP contribution in [0.5, 0.6) is 0 Å². The second-order valence-electron chi connectivity index (χ2n) is 4.14. The van der Waals surface area contributed by atoms with E-state index in [1.165, 1.54) is 0 Å². The van der Waals surface area contributed by atoms with Gasteiger partial charge in [0.15, 0.2) is 0 Å². The van der Waals surface area contributed by atoms with Crippen molar-refractivity contribution in [2.24, 2.45) is 10.7 Å². The maximum absolute atomic E-state index is 5.81. The van der Waals surface area contributed by atoms with Crippen molar-refractivity contribution in [2.75, 3.05) is 18.9 Å². The SMILES string of the molecule is C[C@@]1(c2cc(N)cc(Br)c2)COCC(N)=N1.Cl. The van der Waals surface area contributed by atoms with Gasteiger partial charge in [-0.15, -0.1) is 12.4 Å². The van der Waals surface area contributed by atoms with E-state index in [0.717, 1.165) is 10.0 Å². The number of nitrogens with zero attached hydrogens (tertiary/aromatic N) is 1. The smallest absolute Gasteiger partial charge is 0.121 e. The first-order valence-corrected chi connectivity index (χ1v) is 5.77. The van der Waals surface area contributed by atoms with Gasteiger partial charge in [-0.3, -0.25) is 4.99 Å². The van der Waals surface area contributed by atoms with Gasteiger partial charge in [0.2, 0.25) is 0 Å². The monoisotopic (exact) mass is 319 g/mol. The van der Waals surface area contributed by atoms with Gasteiger partial charge < -0.3 is 16.2 Å². The fourth-order valence-corrected chi connectivity index (χ4v) is 2.32. The Hall–Kier alpha value is -0.780. The first kappa shape index (κ1) is 14.3. The Morgan fingerprint density at radius 3 is 2.65 bits per heavy atom. The normalized spacial score (nSPS) is 23.8. The van der Waals surface area contributed by atoms with Crippen molar-refractivity contribution in [3.05, 3.63) is 28.2 Å². The molecule has 0 fully saturated rings. The van der Waals surface area contributed by atoms with E-state index in [1.807, 2.05) is 25.1 Å². The summed E-state index contributed by atoms with van der Waals surface area (Å²) in [7, 11) is 0. The van der Waals surface area contributed by atoms with Crippen LogP contribution in [0, 0.1) is 0 Å². The maximum atomic E-state index is 5.81. The molecule has 94 valence electrons. The molecule has 1 heterocycles. The minimum atomic E-state index is -0.444. The zero-order valence-electron chi connectivity index (χ0n) is 9.44. The number of nitrogen functional groups attached to an aromatic ring is 1. The Kier molecular flexibility index (Phi) is 4.41. The number of hydrogen-bond donors (Lipinski definition) is 2. The van der Waals surface area contributed by atoms with E-state index < -0.39 is 5.54 Å². The summed E-state index contributed by atoms with van der Waals surface area (Å²) < 4.78 is 6.35. The van der Waals surface area contributed by atoms with Crippen LogP contribution in [0.3, 0.4) is 0 Å². The number of halogens is 2. The fraction of sp³-hybridized carbons (Fsp3) is 0.364. The van der Waals surface area contributed by atoms with Crippen LogP contribution in [0.25, 0.3) is 0 Å². The van der Waals surface area contributed by atoms with E-state index in [-0.39, 0.29) is 12.4 Å². The highest BCUT2D eigenvalue weighted by Gasteiger charge is 2.30. The van der Waals surface area contributed by atoms with Crippen LogP contribution in [0.2, 0.25) is 0 Å². The lowest BCUT2D eigenvalue weighted by Gasteiger charge is -2.30. The van der Waals surface area contributed by atoms with E-state index in [2.05, 4.69) is 20.9 Å². The second kappa shape index (κ2) is 5.25. The molecule has 1 aliphatic heterocycles. The zero-order valence-corrected chi connectivity index (χ0v) is 11.8. The summed E-state index contributed by atoms with van der Waals surface area (Å²) in [6, 6.07) is 5.74. The molecule has 0 unspecified atom stereocenters. The molecule has 1 aromatic carbocycles. The molecule has 1 aromatic rings. The van der Waals surface area contributed by atoms with Gasteiger partial charge in [0.1, 0.15) is 18.0 Å². The molecule has 0 saturated heterocycles. The second-order valence-corrected chi connectivity index (χ2v) is 5.06. The third-order valence-corrected chi connectivity index (χ3v) is 3.02. The molecule has 1 atom stereocenters. The number of benzene rings is 1. The van der Waals surface area contributed by atoms with Crippen LogP contribution in [0.15, 0.2) is 27.7 Å². The van der Waals surface area contributed by atoms with Crippen LogP contribution >= 0.6 is 28.3 Å². The summed E-state index contributed by atoms with van der Waals surface area (Å²) in [4.78, 5) is 4.46. The fourth-order valence-electron chi connectivity index (χ4n) is 1.81. The van der Waals surface area contributed by atoms with E-state index >= 15 is 0 Å². The van der Waals surface area contributed by atoms with Crippen molar-refractivity contribution < 1.29 is 4.74 Å². The number of nitrogens with two attached hydrogens (primary N) is 2. The van der Waals surface area contributed by atoms with Crippen LogP contribution in [0.4, 0.5) is 5.69 Å². The first-order valence-electron chi connectivity index (χ1n) is 4.98.